The van der Waals surface area contributed by atoms with Crippen LogP contribution in [0.3, 0.4) is 0 Å². The zero-order chi connectivity index (χ0) is 21.7. The summed E-state index contributed by atoms with van der Waals surface area (Å²) in [6.07, 6.45) is -3.10. The van der Waals surface area contributed by atoms with Crippen LogP contribution in [0.5, 0.6) is 0 Å². The number of nitrogens with one attached hydrogen (secondary N) is 1. The summed E-state index contributed by atoms with van der Waals surface area (Å²) >= 11 is 0. The summed E-state index contributed by atoms with van der Waals surface area (Å²) in [7, 11) is -3.99. The van der Waals surface area contributed by atoms with Crippen molar-refractivity contribution in [3.63, 3.8) is 0 Å². The van der Waals surface area contributed by atoms with Crippen LogP contribution in [0.2, 0.25) is 0 Å². The van der Waals surface area contributed by atoms with Gasteiger partial charge in [0.15, 0.2) is 0 Å². The summed E-state index contributed by atoms with van der Waals surface area (Å²) in [6, 6.07) is 2.72. The zero-order valence-electron chi connectivity index (χ0n) is 16.4. The van der Waals surface area contributed by atoms with Crippen LogP contribution in [0.15, 0.2) is 24.3 Å². The molecule has 2 rings (SSSR count). The Morgan fingerprint density at radius 2 is 1.97 bits per heavy atom. The molecule has 1 saturated heterocycles. The Kier molecular flexibility index (Phi) is 7.89. The molecule has 11 heteroatoms. The number of hydrogen-bond donors (Lipinski definition) is 1. The molecule has 7 nitrogen and oxygen atoms in total. The van der Waals surface area contributed by atoms with Gasteiger partial charge in [0.2, 0.25) is 15.9 Å². The van der Waals surface area contributed by atoms with Crippen molar-refractivity contribution < 1.29 is 31.1 Å². The van der Waals surface area contributed by atoms with Gasteiger partial charge in [0, 0.05) is 19.6 Å². The van der Waals surface area contributed by atoms with Gasteiger partial charge < -0.3 is 10.1 Å². The van der Waals surface area contributed by atoms with E-state index in [-0.39, 0.29) is 5.69 Å². The van der Waals surface area contributed by atoms with E-state index in [1.165, 1.54) is 13.0 Å². The van der Waals surface area contributed by atoms with Crippen molar-refractivity contribution in [1.82, 2.24) is 10.2 Å². The van der Waals surface area contributed by atoms with E-state index in [0.717, 1.165) is 44.1 Å². The first-order chi connectivity index (χ1) is 13.5. The Hall–Kier alpha value is -1.85. The fourth-order valence-corrected chi connectivity index (χ4v) is 4.28. The maximum Gasteiger partial charge on any atom is 0.416 e. The van der Waals surface area contributed by atoms with Crippen LogP contribution in [0.4, 0.5) is 18.9 Å². The number of carbonyl (C=O) groups is 1. The molecule has 164 valence electrons. The second kappa shape index (κ2) is 9.77. The van der Waals surface area contributed by atoms with Crippen molar-refractivity contribution in [3.05, 3.63) is 29.8 Å². The summed E-state index contributed by atoms with van der Waals surface area (Å²) in [5.74, 6) is -0.574. The van der Waals surface area contributed by atoms with Crippen LogP contribution in [-0.4, -0.2) is 70.9 Å². The Morgan fingerprint density at radius 1 is 1.31 bits per heavy atom. The summed E-state index contributed by atoms with van der Waals surface area (Å²) in [6.45, 7) is 5.43. The van der Waals surface area contributed by atoms with Crippen LogP contribution < -0.4 is 9.62 Å². The minimum absolute atomic E-state index is 0.210. The summed E-state index contributed by atoms with van der Waals surface area (Å²) < 4.78 is 69.4. The molecule has 1 N–H and O–H groups in total. The van der Waals surface area contributed by atoms with E-state index in [9.17, 15) is 26.4 Å². The third kappa shape index (κ3) is 6.86. The Bertz CT molecular complexity index is 796. The molecule has 1 aliphatic heterocycles. The van der Waals surface area contributed by atoms with Crippen LogP contribution in [0.1, 0.15) is 18.9 Å². The van der Waals surface area contributed by atoms with E-state index in [2.05, 4.69) is 10.2 Å². The fraction of sp³-hybridized carbons (Fsp3) is 0.611. The second-order valence-electron chi connectivity index (χ2n) is 6.88. The van der Waals surface area contributed by atoms with Gasteiger partial charge in [-0.2, -0.15) is 13.2 Å². The molecule has 1 heterocycles. The summed E-state index contributed by atoms with van der Waals surface area (Å²) in [5, 5.41) is 2.66. The van der Waals surface area contributed by atoms with Gasteiger partial charge in [-0.05, 0) is 38.1 Å². The number of ether oxygens (including phenoxy) is 1. The first kappa shape index (κ1) is 23.4. The highest BCUT2D eigenvalue weighted by atomic mass is 32.2. The van der Waals surface area contributed by atoms with Gasteiger partial charge >= 0.3 is 6.18 Å². The van der Waals surface area contributed by atoms with Gasteiger partial charge in [-0.1, -0.05) is 6.07 Å². The average Bonchev–Trinajstić information content (AvgIpc) is 2.64. The van der Waals surface area contributed by atoms with Crippen molar-refractivity contribution in [2.24, 2.45) is 0 Å². The predicted molar refractivity (Wildman–Crippen MR) is 103 cm³/mol. The molecule has 0 aromatic heterocycles. The molecule has 1 aromatic carbocycles. The maximum absolute atomic E-state index is 13.0. The standard InChI is InChI=1S/C18H26F3N3O4S/c1-14(17(25)22-7-4-8-23-9-11-28-12-10-23)24(29(2,26)27)16-6-3-5-15(13-16)18(19,20)21/h3,5-6,13-14H,4,7-12H2,1-2H3,(H,22,25)/t14-/m0/s1. The van der Waals surface area contributed by atoms with Crippen LogP contribution in [-0.2, 0) is 25.7 Å². The monoisotopic (exact) mass is 437 g/mol. The molecule has 1 aromatic rings. The van der Waals surface area contributed by atoms with E-state index in [0.29, 0.717) is 30.5 Å². The number of hydrogen-bond acceptors (Lipinski definition) is 5. The third-order valence-corrected chi connectivity index (χ3v) is 5.81. The second-order valence-corrected chi connectivity index (χ2v) is 8.74. The number of carbonyl (C=O) groups excluding carboxylic acids is 1. The van der Waals surface area contributed by atoms with Gasteiger partial charge in [-0.25, -0.2) is 8.42 Å². The number of nitrogens with zero attached hydrogens (tertiary/aromatic N) is 2. The van der Waals surface area contributed by atoms with E-state index in [1.54, 1.807) is 0 Å². The number of anilines is 1. The number of benzene rings is 1. The molecule has 1 atom stereocenters. The lowest BCUT2D eigenvalue weighted by Crippen LogP contribution is -2.48. The molecule has 0 spiro atoms. The number of halogens is 3. The quantitative estimate of drug-likeness (QED) is 0.627. The highest BCUT2D eigenvalue weighted by Crippen LogP contribution is 2.32. The maximum atomic E-state index is 13.0. The molecule has 1 fully saturated rings. The molecule has 1 amide bonds. The van der Waals surface area contributed by atoms with Crippen molar-refractivity contribution >= 4 is 21.6 Å². The molecular formula is C18H26F3N3O4S. The lowest BCUT2D eigenvalue weighted by atomic mass is 10.1. The van der Waals surface area contributed by atoms with Gasteiger partial charge in [-0.15, -0.1) is 0 Å². The number of rotatable bonds is 8. The van der Waals surface area contributed by atoms with Crippen molar-refractivity contribution in [2.75, 3.05) is 50.0 Å². The molecule has 0 unspecified atom stereocenters. The number of morpholine rings is 1. The molecule has 0 aliphatic carbocycles. The van der Waals surface area contributed by atoms with E-state index in [1.807, 2.05) is 0 Å². The van der Waals surface area contributed by atoms with E-state index < -0.39 is 33.7 Å². The number of sulfonamides is 1. The molecular weight excluding hydrogens is 411 g/mol. The number of alkyl halides is 3. The lowest BCUT2D eigenvalue weighted by molar-refractivity contribution is -0.137. The largest absolute Gasteiger partial charge is 0.416 e. The summed E-state index contributed by atoms with van der Waals surface area (Å²) in [4.78, 5) is 14.7. The van der Waals surface area contributed by atoms with Crippen LogP contribution in [0, 0.1) is 0 Å². The first-order valence-electron chi connectivity index (χ1n) is 9.24. The zero-order valence-corrected chi connectivity index (χ0v) is 17.2. The minimum Gasteiger partial charge on any atom is -0.379 e. The average molecular weight is 437 g/mol. The minimum atomic E-state index is -4.62. The Morgan fingerprint density at radius 3 is 2.55 bits per heavy atom. The van der Waals surface area contributed by atoms with E-state index in [4.69, 9.17) is 4.74 Å². The highest BCUT2D eigenvalue weighted by Gasteiger charge is 2.34. The summed E-state index contributed by atoms with van der Waals surface area (Å²) in [5.41, 5.74) is -1.19. The van der Waals surface area contributed by atoms with Crippen molar-refractivity contribution in [1.29, 1.82) is 0 Å². The Labute approximate surface area is 168 Å². The smallest absolute Gasteiger partial charge is 0.379 e. The number of amides is 1. The lowest BCUT2D eigenvalue weighted by Gasteiger charge is -2.29. The van der Waals surface area contributed by atoms with Gasteiger partial charge in [0.1, 0.15) is 6.04 Å². The molecule has 0 saturated carbocycles. The molecule has 29 heavy (non-hydrogen) atoms. The van der Waals surface area contributed by atoms with Gasteiger partial charge in [0.25, 0.3) is 0 Å². The predicted octanol–water partition coefficient (Wildman–Crippen LogP) is 1.70. The van der Waals surface area contributed by atoms with Crippen molar-refractivity contribution in [3.8, 4) is 0 Å². The van der Waals surface area contributed by atoms with Crippen molar-refractivity contribution in [2.45, 2.75) is 25.6 Å². The Balaban J connectivity index is 2.03. The fourth-order valence-electron chi connectivity index (χ4n) is 3.11. The van der Waals surface area contributed by atoms with Crippen LogP contribution >= 0.6 is 0 Å². The van der Waals surface area contributed by atoms with Gasteiger partial charge in [0.05, 0.1) is 30.7 Å². The normalized spacial score (nSPS) is 17.0. The van der Waals surface area contributed by atoms with Gasteiger partial charge in [-0.3, -0.25) is 14.0 Å². The van der Waals surface area contributed by atoms with E-state index >= 15 is 0 Å². The molecule has 1 aliphatic rings. The van der Waals surface area contributed by atoms with Crippen LogP contribution in [0.25, 0.3) is 0 Å². The topological polar surface area (TPSA) is 79.0 Å². The SMILES string of the molecule is C[C@@H](C(=O)NCCCN1CCOCC1)N(c1cccc(C(F)(F)F)c1)S(C)(=O)=O. The molecule has 0 bridgehead atoms. The molecule has 0 radical (unpaired) electrons. The third-order valence-electron chi connectivity index (χ3n) is 4.57. The first-order valence-corrected chi connectivity index (χ1v) is 11.1. The highest BCUT2D eigenvalue weighted by molar-refractivity contribution is 7.92.